The highest BCUT2D eigenvalue weighted by Crippen LogP contribution is 2.27. The molecule has 1 aromatic carbocycles. The van der Waals surface area contributed by atoms with Crippen LogP contribution < -0.4 is 4.74 Å². The lowest BCUT2D eigenvalue weighted by Gasteiger charge is -2.32. The van der Waals surface area contributed by atoms with E-state index in [-0.39, 0.29) is 31.2 Å². The Morgan fingerprint density at radius 3 is 2.91 bits per heavy atom. The van der Waals surface area contributed by atoms with E-state index in [1.54, 1.807) is 19.1 Å². The maximum Gasteiger partial charge on any atom is 0.387 e. The first kappa shape index (κ1) is 17.8. The minimum absolute atomic E-state index is 0.0167. The Bertz CT molecular complexity index is 663. The van der Waals surface area contributed by atoms with E-state index < -0.39 is 22.7 Å². The SMILES string of the molecule is C=C(C)CS(=O)(=O)N1CCOC(c2cccc(OC(F)F)c2)C1. The highest BCUT2D eigenvalue weighted by atomic mass is 32.2. The van der Waals surface area contributed by atoms with Crippen molar-refractivity contribution in [3.05, 3.63) is 42.0 Å². The van der Waals surface area contributed by atoms with Crippen molar-refractivity contribution in [3.8, 4) is 5.75 Å². The summed E-state index contributed by atoms with van der Waals surface area (Å²) in [5.74, 6) is -0.100. The van der Waals surface area contributed by atoms with Crippen molar-refractivity contribution in [3.63, 3.8) is 0 Å². The minimum atomic E-state index is -3.45. The van der Waals surface area contributed by atoms with E-state index >= 15 is 0 Å². The normalized spacial score (nSPS) is 19.7. The Balaban J connectivity index is 2.13. The molecule has 1 heterocycles. The molecule has 0 amide bonds. The van der Waals surface area contributed by atoms with Gasteiger partial charge in [-0.2, -0.15) is 13.1 Å². The van der Waals surface area contributed by atoms with Crippen molar-refractivity contribution in [2.45, 2.75) is 19.6 Å². The van der Waals surface area contributed by atoms with Crippen molar-refractivity contribution in [1.29, 1.82) is 0 Å². The number of hydrogen-bond donors (Lipinski definition) is 0. The molecule has 0 aromatic heterocycles. The van der Waals surface area contributed by atoms with Crippen molar-refractivity contribution in [2.24, 2.45) is 0 Å². The molecule has 1 aromatic rings. The molecular formula is C15H19F2NO4S. The summed E-state index contributed by atoms with van der Waals surface area (Å²) in [7, 11) is -3.45. The third kappa shape index (κ3) is 4.98. The standard InChI is InChI=1S/C15H19F2NO4S/c1-11(2)10-23(19,20)18-6-7-21-14(9-18)12-4-3-5-13(8-12)22-15(16)17/h3-5,8,14-15H,1,6-7,9-10H2,2H3. The number of rotatable bonds is 6. The smallest absolute Gasteiger partial charge is 0.387 e. The van der Waals surface area contributed by atoms with Crippen LogP contribution in [-0.2, 0) is 14.8 Å². The van der Waals surface area contributed by atoms with Gasteiger partial charge in [0.15, 0.2) is 0 Å². The molecule has 0 aliphatic carbocycles. The summed E-state index contributed by atoms with van der Waals surface area (Å²) < 4.78 is 60.4. The van der Waals surface area contributed by atoms with Crippen LogP contribution in [0.25, 0.3) is 0 Å². The molecule has 1 saturated heterocycles. The number of halogens is 2. The number of sulfonamides is 1. The Morgan fingerprint density at radius 2 is 2.26 bits per heavy atom. The largest absolute Gasteiger partial charge is 0.435 e. The van der Waals surface area contributed by atoms with E-state index in [1.165, 1.54) is 16.4 Å². The second kappa shape index (κ2) is 7.37. The minimum Gasteiger partial charge on any atom is -0.435 e. The predicted octanol–water partition coefficient (Wildman–Crippen LogP) is 2.57. The van der Waals surface area contributed by atoms with Crippen LogP contribution in [0, 0.1) is 0 Å². The van der Waals surface area contributed by atoms with Gasteiger partial charge in [-0.05, 0) is 24.6 Å². The fourth-order valence-electron chi connectivity index (χ4n) is 2.37. The van der Waals surface area contributed by atoms with Gasteiger partial charge in [-0.15, -0.1) is 0 Å². The maximum absolute atomic E-state index is 12.3. The molecule has 5 nitrogen and oxygen atoms in total. The van der Waals surface area contributed by atoms with Crippen LogP contribution in [0.4, 0.5) is 8.78 Å². The van der Waals surface area contributed by atoms with E-state index in [2.05, 4.69) is 11.3 Å². The van der Waals surface area contributed by atoms with Gasteiger partial charge < -0.3 is 9.47 Å². The molecule has 0 radical (unpaired) electrons. The molecule has 23 heavy (non-hydrogen) atoms. The zero-order valence-corrected chi connectivity index (χ0v) is 13.6. The summed E-state index contributed by atoms with van der Waals surface area (Å²) in [4.78, 5) is 0. The van der Waals surface area contributed by atoms with E-state index in [0.717, 1.165) is 0 Å². The summed E-state index contributed by atoms with van der Waals surface area (Å²) in [5.41, 5.74) is 1.15. The summed E-state index contributed by atoms with van der Waals surface area (Å²) in [6.45, 7) is 3.00. The van der Waals surface area contributed by atoms with Gasteiger partial charge in [0.1, 0.15) is 5.75 Å². The van der Waals surface area contributed by atoms with Crippen molar-refractivity contribution in [2.75, 3.05) is 25.4 Å². The average Bonchev–Trinajstić information content (AvgIpc) is 2.46. The number of nitrogens with zero attached hydrogens (tertiary/aromatic N) is 1. The molecule has 0 N–H and O–H groups in total. The van der Waals surface area contributed by atoms with Gasteiger partial charge in [0.25, 0.3) is 0 Å². The highest BCUT2D eigenvalue weighted by Gasteiger charge is 2.30. The third-order valence-electron chi connectivity index (χ3n) is 3.31. The molecule has 1 aliphatic heterocycles. The van der Waals surface area contributed by atoms with Crippen LogP contribution in [0.3, 0.4) is 0 Å². The van der Waals surface area contributed by atoms with Crippen LogP contribution in [0.15, 0.2) is 36.4 Å². The second-order valence-corrected chi connectivity index (χ2v) is 7.35. The molecule has 8 heteroatoms. The van der Waals surface area contributed by atoms with Crippen molar-refractivity contribution in [1.82, 2.24) is 4.31 Å². The lowest BCUT2D eigenvalue weighted by molar-refractivity contribution is -0.0502. The quantitative estimate of drug-likeness (QED) is 0.742. The first-order valence-corrected chi connectivity index (χ1v) is 8.67. The van der Waals surface area contributed by atoms with Gasteiger partial charge in [0, 0.05) is 13.1 Å². The van der Waals surface area contributed by atoms with Gasteiger partial charge in [-0.25, -0.2) is 8.42 Å². The lowest BCUT2D eigenvalue weighted by Crippen LogP contribution is -2.43. The zero-order chi connectivity index (χ0) is 17.0. The number of alkyl halides is 2. The molecule has 1 unspecified atom stereocenters. The van der Waals surface area contributed by atoms with Gasteiger partial charge in [0.2, 0.25) is 10.0 Å². The monoisotopic (exact) mass is 347 g/mol. The summed E-state index contributed by atoms with van der Waals surface area (Å²) >= 11 is 0. The number of morpholine rings is 1. The lowest BCUT2D eigenvalue weighted by atomic mass is 10.1. The molecule has 0 saturated carbocycles. The van der Waals surface area contributed by atoms with Gasteiger partial charge in [-0.3, -0.25) is 0 Å². The Hall–Kier alpha value is -1.51. The highest BCUT2D eigenvalue weighted by molar-refractivity contribution is 7.89. The second-order valence-electron chi connectivity index (χ2n) is 5.38. The molecule has 0 spiro atoms. The fourth-order valence-corrected chi connectivity index (χ4v) is 3.89. The number of benzene rings is 1. The molecule has 2 rings (SSSR count). The van der Waals surface area contributed by atoms with E-state index in [4.69, 9.17) is 4.74 Å². The third-order valence-corrected chi connectivity index (χ3v) is 5.28. The van der Waals surface area contributed by atoms with E-state index in [1.807, 2.05) is 0 Å². The van der Waals surface area contributed by atoms with Crippen LogP contribution in [0.5, 0.6) is 5.75 Å². The van der Waals surface area contributed by atoms with Gasteiger partial charge in [0.05, 0.1) is 18.5 Å². The van der Waals surface area contributed by atoms with Crippen LogP contribution >= 0.6 is 0 Å². The Morgan fingerprint density at radius 1 is 1.52 bits per heavy atom. The number of hydrogen-bond acceptors (Lipinski definition) is 4. The van der Waals surface area contributed by atoms with Crippen molar-refractivity contribution >= 4 is 10.0 Å². The van der Waals surface area contributed by atoms with E-state index in [9.17, 15) is 17.2 Å². The fraction of sp³-hybridized carbons (Fsp3) is 0.467. The molecule has 128 valence electrons. The molecule has 1 fully saturated rings. The van der Waals surface area contributed by atoms with Gasteiger partial charge >= 0.3 is 6.61 Å². The topological polar surface area (TPSA) is 55.8 Å². The average molecular weight is 347 g/mol. The zero-order valence-electron chi connectivity index (χ0n) is 12.7. The molecular weight excluding hydrogens is 328 g/mol. The summed E-state index contributed by atoms with van der Waals surface area (Å²) in [6, 6.07) is 6.11. The summed E-state index contributed by atoms with van der Waals surface area (Å²) in [6.07, 6.45) is -0.523. The van der Waals surface area contributed by atoms with E-state index in [0.29, 0.717) is 11.1 Å². The predicted molar refractivity (Wildman–Crippen MR) is 81.9 cm³/mol. The number of ether oxygens (including phenoxy) is 2. The first-order chi connectivity index (χ1) is 10.8. The summed E-state index contributed by atoms with van der Waals surface area (Å²) in [5, 5.41) is 0. The van der Waals surface area contributed by atoms with Crippen LogP contribution in [-0.4, -0.2) is 44.8 Å². The Kier molecular flexibility index (Phi) is 5.72. The Labute approximate surface area is 134 Å². The molecule has 0 bridgehead atoms. The van der Waals surface area contributed by atoms with Gasteiger partial charge in [-0.1, -0.05) is 24.3 Å². The first-order valence-electron chi connectivity index (χ1n) is 7.06. The van der Waals surface area contributed by atoms with Crippen LogP contribution in [0.2, 0.25) is 0 Å². The molecule has 1 atom stereocenters. The van der Waals surface area contributed by atoms with Crippen molar-refractivity contribution < 1.29 is 26.7 Å². The molecule has 1 aliphatic rings. The maximum atomic E-state index is 12.3. The van der Waals surface area contributed by atoms with Crippen LogP contribution in [0.1, 0.15) is 18.6 Å².